The molecule has 4 aliphatic heterocycles. The third-order valence-corrected chi connectivity index (χ3v) is 13.9. The van der Waals surface area contributed by atoms with Crippen LogP contribution in [-0.4, -0.2) is 85.3 Å². The summed E-state index contributed by atoms with van der Waals surface area (Å²) in [4.78, 5) is 29.4. The van der Waals surface area contributed by atoms with Gasteiger partial charge in [0.2, 0.25) is 5.91 Å². The maximum Gasteiger partial charge on any atom is 0.252 e. The first kappa shape index (κ1) is 41.0. The van der Waals surface area contributed by atoms with E-state index < -0.39 is 21.2 Å². The van der Waals surface area contributed by atoms with Crippen LogP contribution in [0.3, 0.4) is 0 Å². The minimum absolute atomic E-state index is 0.0154. The van der Waals surface area contributed by atoms with Crippen molar-refractivity contribution < 1.29 is 31.6 Å². The van der Waals surface area contributed by atoms with E-state index in [2.05, 4.69) is 50.3 Å². The molecule has 4 heterocycles. The van der Waals surface area contributed by atoms with Crippen LogP contribution < -0.4 is 30.3 Å². The zero-order chi connectivity index (χ0) is 41.0. The number of phenolic OH excluding ortho intramolecular Hbond substituents is 1. The summed E-state index contributed by atoms with van der Waals surface area (Å²) in [6, 6.07) is 24.1. The summed E-state index contributed by atoms with van der Waals surface area (Å²) < 4.78 is 39.1. The van der Waals surface area contributed by atoms with E-state index in [-0.39, 0.29) is 41.3 Å². The van der Waals surface area contributed by atoms with Gasteiger partial charge in [-0.05, 0) is 96.5 Å². The molecular weight excluding hydrogens is 864 g/mol. The first-order chi connectivity index (χ1) is 28.7. The number of carbonyl (C=O) groups is 2. The standard InChI is InChI=1S/C42H45FN4O4.C4H8INO2/c1-50-39-21-37(36(43)19-35(39)41-32(27-5-3-2-4-6-27)9-7-28-17-31(48)8-10-33(28)41)46-13-11-26(12-14-46)23-45-15-16-47-30(24-45)25-51-40-20-34-29(18-38(40)47)22-44-42(34)49;6-4(7)2-1-3-5-8/h2-6,8,10,17-21,26,30,32,41,48H,7,9,11-16,22-25H2,1H3,(H,44,49);1-3H2,(H2,6,7). The second-order valence-corrected chi connectivity index (χ2v) is 18.0. The number of amides is 2. The van der Waals surface area contributed by atoms with Crippen LogP contribution in [0.25, 0.3) is 0 Å². The average Bonchev–Trinajstić information content (AvgIpc) is 3.61. The molecule has 4 aromatic rings. The molecule has 0 saturated carbocycles. The molecule has 3 unspecified atom stereocenters. The van der Waals surface area contributed by atoms with E-state index in [9.17, 15) is 17.8 Å². The number of fused-ring (bicyclic) bond motifs is 5. The summed E-state index contributed by atoms with van der Waals surface area (Å²) in [5.74, 6) is 1.89. The van der Waals surface area contributed by atoms with Crippen molar-refractivity contribution in [3.8, 4) is 17.2 Å². The zero-order valence-electron chi connectivity index (χ0n) is 33.5. The Hall–Kier alpha value is -4.76. The molecule has 0 radical (unpaired) electrons. The van der Waals surface area contributed by atoms with Gasteiger partial charge >= 0.3 is 0 Å². The fourth-order valence-electron chi connectivity index (χ4n) is 9.80. The van der Waals surface area contributed by atoms with Gasteiger partial charge in [-0.3, -0.25) is 17.6 Å². The van der Waals surface area contributed by atoms with E-state index in [0.29, 0.717) is 47.8 Å². The van der Waals surface area contributed by atoms with Crippen LogP contribution in [0, 0.1) is 11.7 Å². The second kappa shape index (κ2) is 18.2. The number of halogens is 2. The van der Waals surface area contributed by atoms with Gasteiger partial charge in [0.1, 0.15) is 50.9 Å². The highest BCUT2D eigenvalue weighted by Gasteiger charge is 2.37. The molecule has 3 atom stereocenters. The summed E-state index contributed by atoms with van der Waals surface area (Å²) in [6.07, 6.45) is 4.85. The second-order valence-electron chi connectivity index (χ2n) is 16.3. The Morgan fingerprint density at radius 3 is 2.56 bits per heavy atom. The normalized spacial score (nSPS) is 21.2. The molecule has 2 amide bonds. The molecule has 312 valence electrons. The van der Waals surface area contributed by atoms with Crippen LogP contribution in [0.1, 0.15) is 82.1 Å². The van der Waals surface area contributed by atoms with E-state index in [1.807, 2.05) is 30.3 Å². The van der Waals surface area contributed by atoms with Gasteiger partial charge in [-0.2, -0.15) is 0 Å². The minimum atomic E-state index is -0.882. The molecule has 13 heteroatoms. The van der Waals surface area contributed by atoms with Crippen LogP contribution in [-0.2, 0) is 20.8 Å². The number of phenols is 1. The molecule has 11 nitrogen and oxygen atoms in total. The fraction of sp³-hybridized carbons (Fsp3) is 0.435. The Labute approximate surface area is 355 Å². The minimum Gasteiger partial charge on any atom is -0.508 e. The summed E-state index contributed by atoms with van der Waals surface area (Å²) in [7, 11) is 1.69. The topological polar surface area (TPSA) is 138 Å². The number of anilines is 2. The van der Waals surface area contributed by atoms with Gasteiger partial charge in [0.05, 0.1) is 24.5 Å². The number of hydrogen-bond donors (Lipinski definition) is 3. The fourth-order valence-corrected chi connectivity index (χ4v) is 10.5. The van der Waals surface area contributed by atoms with Gasteiger partial charge < -0.3 is 35.4 Å². The lowest BCUT2D eigenvalue weighted by atomic mass is 9.69. The lowest BCUT2D eigenvalue weighted by molar-refractivity contribution is -0.118. The molecule has 0 bridgehead atoms. The highest BCUT2D eigenvalue weighted by Crippen LogP contribution is 2.50. The number of benzene rings is 4. The first-order valence-corrected chi connectivity index (χ1v) is 23.2. The Bertz CT molecular complexity index is 2180. The number of nitrogens with two attached hydrogens (primary N) is 1. The highest BCUT2D eigenvalue weighted by atomic mass is 127. The number of primary amides is 1. The first-order valence-electron chi connectivity index (χ1n) is 20.8. The number of piperidine rings is 1. The van der Waals surface area contributed by atoms with Crippen LogP contribution in [0.4, 0.5) is 15.8 Å². The molecule has 2 fully saturated rings. The lowest BCUT2D eigenvalue weighted by Gasteiger charge is -2.47. The number of aryl methyl sites for hydroxylation is 1. The van der Waals surface area contributed by atoms with E-state index in [4.69, 9.17) is 15.2 Å². The summed E-state index contributed by atoms with van der Waals surface area (Å²) in [5.41, 5.74) is 12.6. The Morgan fingerprint density at radius 1 is 0.983 bits per heavy atom. The van der Waals surface area contributed by atoms with E-state index in [1.165, 1.54) is 5.56 Å². The molecule has 4 aromatic carbocycles. The van der Waals surface area contributed by atoms with Crippen molar-refractivity contribution in [2.45, 2.75) is 62.9 Å². The lowest BCUT2D eigenvalue weighted by Crippen LogP contribution is -2.58. The molecule has 4 N–H and O–H groups in total. The molecule has 5 aliphatic rings. The number of piperazine rings is 1. The predicted molar refractivity (Wildman–Crippen MR) is 234 cm³/mol. The maximum atomic E-state index is 16.3. The SMILES string of the molecule is COc1cc(N2CCC(CN3CCN4c5cc6c(cc5OCC4C3)C(=O)NC6)CC2)c(F)cc1C1c2ccc(O)cc2CCC1c1ccccc1.NC(=O)CCCI=O. The Balaban J connectivity index is 0.000000551. The Kier molecular flexibility index (Phi) is 12.7. The number of hydrogen-bond acceptors (Lipinski definition) is 9. The molecule has 0 spiro atoms. The van der Waals surface area contributed by atoms with Crippen molar-refractivity contribution in [1.82, 2.24) is 10.2 Å². The predicted octanol–water partition coefficient (Wildman–Crippen LogP) is 7.01. The summed E-state index contributed by atoms with van der Waals surface area (Å²) >= 11 is -0.882. The molecule has 1 aliphatic carbocycles. The number of carbonyl (C=O) groups excluding carboxylic acids is 2. The monoisotopic (exact) mass is 917 g/mol. The zero-order valence-corrected chi connectivity index (χ0v) is 35.7. The molecule has 59 heavy (non-hydrogen) atoms. The largest absolute Gasteiger partial charge is 0.508 e. The van der Waals surface area contributed by atoms with Crippen LogP contribution >= 0.6 is 21.2 Å². The van der Waals surface area contributed by atoms with Gasteiger partial charge in [0, 0.05) is 79.8 Å². The van der Waals surface area contributed by atoms with Crippen molar-refractivity contribution in [2.24, 2.45) is 11.7 Å². The van der Waals surface area contributed by atoms with Crippen LogP contribution in [0.15, 0.2) is 72.8 Å². The quantitative estimate of drug-likeness (QED) is 0.0872. The molecule has 9 rings (SSSR count). The third kappa shape index (κ3) is 8.91. The molecular formula is C46H53FIN5O6. The van der Waals surface area contributed by atoms with Gasteiger partial charge in [-0.25, -0.2) is 4.39 Å². The number of aromatic hydroxyl groups is 1. The van der Waals surface area contributed by atoms with Gasteiger partial charge in [-0.1, -0.05) is 36.4 Å². The van der Waals surface area contributed by atoms with Crippen LogP contribution in [0.5, 0.6) is 17.2 Å². The van der Waals surface area contributed by atoms with Crippen molar-refractivity contribution in [3.63, 3.8) is 0 Å². The number of nitrogens with zero attached hydrogens (tertiary/aromatic N) is 3. The number of methoxy groups -OCH3 is 1. The highest BCUT2D eigenvalue weighted by molar-refractivity contribution is 14.1. The number of alkyl halides is 1. The van der Waals surface area contributed by atoms with Gasteiger partial charge in [0.25, 0.3) is 5.91 Å². The van der Waals surface area contributed by atoms with Crippen molar-refractivity contribution >= 4 is 44.4 Å². The number of rotatable bonds is 10. The van der Waals surface area contributed by atoms with Crippen molar-refractivity contribution in [3.05, 3.63) is 112 Å². The van der Waals surface area contributed by atoms with Gasteiger partial charge in [-0.15, -0.1) is 0 Å². The molecule has 0 aromatic heterocycles. The summed E-state index contributed by atoms with van der Waals surface area (Å²) in [5, 5.41) is 13.2. The van der Waals surface area contributed by atoms with Crippen molar-refractivity contribution in [1.29, 1.82) is 0 Å². The van der Waals surface area contributed by atoms with Crippen molar-refractivity contribution in [2.75, 3.05) is 67.2 Å². The van der Waals surface area contributed by atoms with Gasteiger partial charge in [0.15, 0.2) is 0 Å². The molecule has 2 saturated heterocycles. The Morgan fingerprint density at radius 2 is 1.80 bits per heavy atom. The third-order valence-electron chi connectivity index (χ3n) is 12.7. The van der Waals surface area contributed by atoms with Crippen LogP contribution in [0.2, 0.25) is 0 Å². The smallest absolute Gasteiger partial charge is 0.252 e. The number of nitrogens with one attached hydrogen (secondary N) is 1. The summed E-state index contributed by atoms with van der Waals surface area (Å²) in [6.45, 7) is 6.74. The van der Waals surface area contributed by atoms with E-state index in [1.54, 1.807) is 19.2 Å². The number of ether oxygens (including phenoxy) is 2. The van der Waals surface area contributed by atoms with E-state index >= 15 is 4.39 Å². The van der Waals surface area contributed by atoms with E-state index in [0.717, 1.165) is 104 Å². The maximum absolute atomic E-state index is 16.3. The average molecular weight is 918 g/mol.